The Bertz CT molecular complexity index is 1410. The zero-order valence-corrected chi connectivity index (χ0v) is 19.7. The summed E-state index contributed by atoms with van der Waals surface area (Å²) in [7, 11) is 0. The van der Waals surface area contributed by atoms with E-state index in [9.17, 15) is 4.79 Å². The summed E-state index contributed by atoms with van der Waals surface area (Å²) in [6, 6.07) is 20.0. The maximum Gasteiger partial charge on any atom is 0.335 e. The maximum atomic E-state index is 11.1. The molecule has 3 N–H and O–H groups in total. The summed E-state index contributed by atoms with van der Waals surface area (Å²) in [5.41, 5.74) is 4.84. The first-order chi connectivity index (χ1) is 16.3. The van der Waals surface area contributed by atoms with E-state index < -0.39 is 11.5 Å². The van der Waals surface area contributed by atoms with Crippen LogP contribution in [0.2, 0.25) is 10.0 Å². The van der Waals surface area contributed by atoms with Gasteiger partial charge in [0.15, 0.2) is 0 Å². The van der Waals surface area contributed by atoms with Crippen LogP contribution < -0.4 is 10.6 Å². The Balaban J connectivity index is 1.60. The number of aromatic nitrogens is 2. The fourth-order valence-corrected chi connectivity index (χ4v) is 4.76. The van der Waals surface area contributed by atoms with Gasteiger partial charge in [-0.25, -0.2) is 14.8 Å². The average molecular weight is 491 g/mol. The maximum absolute atomic E-state index is 11.1. The molecule has 0 aliphatic carbocycles. The number of carbonyl (C=O) groups is 1. The lowest BCUT2D eigenvalue weighted by Crippen LogP contribution is -2.39. The van der Waals surface area contributed by atoms with Gasteiger partial charge in [-0.2, -0.15) is 0 Å². The van der Waals surface area contributed by atoms with Gasteiger partial charge >= 0.3 is 5.97 Å². The van der Waals surface area contributed by atoms with Crippen LogP contribution in [-0.2, 0) is 12.1 Å². The highest BCUT2D eigenvalue weighted by molar-refractivity contribution is 6.31. The number of nitrogens with zero attached hydrogens (tertiary/aromatic N) is 2. The Morgan fingerprint density at radius 1 is 1.06 bits per heavy atom. The van der Waals surface area contributed by atoms with Crippen LogP contribution >= 0.6 is 23.2 Å². The van der Waals surface area contributed by atoms with Crippen molar-refractivity contribution in [1.82, 2.24) is 15.3 Å². The van der Waals surface area contributed by atoms with Crippen molar-refractivity contribution in [2.45, 2.75) is 19.0 Å². The SMILES string of the molecule is CC1(c2ccccc2Cl)NCc2cnc(Nc3ccc(C(=O)O)cc3)nc2-c2ccc(Cl)cc21. The molecule has 34 heavy (non-hydrogen) atoms. The molecular weight excluding hydrogens is 471 g/mol. The molecule has 170 valence electrons. The minimum absolute atomic E-state index is 0.212. The van der Waals surface area contributed by atoms with Crippen LogP contribution in [0.5, 0.6) is 0 Å². The second-order valence-corrected chi connectivity index (χ2v) is 9.07. The van der Waals surface area contributed by atoms with Crippen LogP contribution in [0.4, 0.5) is 11.6 Å². The molecule has 0 fully saturated rings. The lowest BCUT2D eigenvalue weighted by atomic mass is 9.82. The summed E-state index contributed by atoms with van der Waals surface area (Å²) in [4.78, 5) is 20.4. The second kappa shape index (κ2) is 8.72. The number of fused-ring (bicyclic) bond motifs is 3. The van der Waals surface area contributed by atoms with Crippen molar-refractivity contribution in [1.29, 1.82) is 0 Å². The molecule has 3 aromatic carbocycles. The van der Waals surface area contributed by atoms with Crippen molar-refractivity contribution >= 4 is 40.8 Å². The van der Waals surface area contributed by atoms with E-state index in [-0.39, 0.29) is 5.56 Å². The number of rotatable bonds is 4. The highest BCUT2D eigenvalue weighted by Crippen LogP contribution is 2.43. The van der Waals surface area contributed by atoms with Gasteiger partial charge in [-0.1, -0.05) is 47.5 Å². The lowest BCUT2D eigenvalue weighted by molar-refractivity contribution is 0.0697. The highest BCUT2D eigenvalue weighted by Gasteiger charge is 2.36. The lowest BCUT2D eigenvalue weighted by Gasteiger charge is -2.33. The van der Waals surface area contributed by atoms with Crippen LogP contribution in [0, 0.1) is 0 Å². The fourth-order valence-electron chi connectivity index (χ4n) is 4.27. The minimum Gasteiger partial charge on any atom is -0.478 e. The molecule has 6 nitrogen and oxygen atoms in total. The van der Waals surface area contributed by atoms with E-state index in [0.717, 1.165) is 27.9 Å². The zero-order valence-electron chi connectivity index (χ0n) is 18.1. The number of halogens is 2. The number of nitrogens with one attached hydrogen (secondary N) is 2. The van der Waals surface area contributed by atoms with Crippen molar-refractivity contribution in [3.63, 3.8) is 0 Å². The first kappa shape index (κ1) is 22.3. The van der Waals surface area contributed by atoms with Crippen molar-refractivity contribution in [3.8, 4) is 11.3 Å². The highest BCUT2D eigenvalue weighted by atomic mass is 35.5. The van der Waals surface area contributed by atoms with E-state index in [2.05, 4.69) is 22.5 Å². The van der Waals surface area contributed by atoms with Crippen LogP contribution in [-0.4, -0.2) is 21.0 Å². The van der Waals surface area contributed by atoms with Gasteiger partial charge < -0.3 is 10.4 Å². The molecule has 0 amide bonds. The molecule has 5 rings (SSSR count). The molecule has 2 heterocycles. The third kappa shape index (κ3) is 4.01. The van der Waals surface area contributed by atoms with Gasteiger partial charge in [-0.3, -0.25) is 5.32 Å². The molecule has 0 radical (unpaired) electrons. The molecule has 1 atom stereocenters. The van der Waals surface area contributed by atoms with Crippen LogP contribution in [0.15, 0.2) is 72.9 Å². The predicted octanol–water partition coefficient (Wildman–Crippen LogP) is 6.26. The van der Waals surface area contributed by atoms with E-state index in [1.54, 1.807) is 18.3 Å². The predicted molar refractivity (Wildman–Crippen MR) is 134 cm³/mol. The molecule has 0 spiro atoms. The topological polar surface area (TPSA) is 87.1 Å². The van der Waals surface area contributed by atoms with E-state index in [1.807, 2.05) is 42.5 Å². The summed E-state index contributed by atoms with van der Waals surface area (Å²) >= 11 is 13.1. The smallest absolute Gasteiger partial charge is 0.335 e. The third-order valence-electron chi connectivity index (χ3n) is 6.07. The van der Waals surface area contributed by atoms with Crippen molar-refractivity contribution < 1.29 is 9.90 Å². The summed E-state index contributed by atoms with van der Waals surface area (Å²) in [6.07, 6.45) is 1.79. The van der Waals surface area contributed by atoms with E-state index in [4.69, 9.17) is 33.3 Å². The largest absolute Gasteiger partial charge is 0.478 e. The van der Waals surface area contributed by atoms with Crippen molar-refractivity contribution in [2.24, 2.45) is 0 Å². The average Bonchev–Trinajstić information content (AvgIpc) is 2.95. The van der Waals surface area contributed by atoms with E-state index in [1.165, 1.54) is 12.1 Å². The first-order valence-electron chi connectivity index (χ1n) is 10.6. The van der Waals surface area contributed by atoms with E-state index in [0.29, 0.717) is 28.2 Å². The normalized spacial score (nSPS) is 16.8. The van der Waals surface area contributed by atoms with E-state index >= 15 is 0 Å². The Morgan fingerprint density at radius 3 is 2.56 bits per heavy atom. The van der Waals surface area contributed by atoms with Gasteiger partial charge in [0.25, 0.3) is 0 Å². The van der Waals surface area contributed by atoms with Crippen LogP contribution in [0.25, 0.3) is 11.3 Å². The van der Waals surface area contributed by atoms with Crippen LogP contribution in [0.3, 0.4) is 0 Å². The molecule has 0 bridgehead atoms. The van der Waals surface area contributed by atoms with Gasteiger partial charge in [-0.05, 0) is 60.5 Å². The quantitative estimate of drug-likeness (QED) is 0.313. The first-order valence-corrected chi connectivity index (χ1v) is 11.4. The summed E-state index contributed by atoms with van der Waals surface area (Å²) in [5.74, 6) is -0.568. The number of carboxylic acids is 1. The fraction of sp³-hybridized carbons (Fsp3) is 0.115. The van der Waals surface area contributed by atoms with Gasteiger partial charge in [0, 0.05) is 39.6 Å². The Kier molecular flexibility index (Phi) is 5.73. The van der Waals surface area contributed by atoms with Crippen molar-refractivity contribution in [3.05, 3.63) is 105 Å². The summed E-state index contributed by atoms with van der Waals surface area (Å²) < 4.78 is 0. The molecule has 1 aromatic heterocycles. The van der Waals surface area contributed by atoms with Gasteiger partial charge in [-0.15, -0.1) is 0 Å². The Hall–Kier alpha value is -3.45. The minimum atomic E-state index is -0.975. The molecule has 1 unspecified atom stereocenters. The summed E-state index contributed by atoms with van der Waals surface area (Å²) in [5, 5.41) is 17.2. The number of hydrogen-bond acceptors (Lipinski definition) is 5. The molecule has 1 aliphatic rings. The standard InChI is InChI=1S/C26H20Cl2N4O2/c1-26(20-4-2-3-5-22(20)28)21-12-17(27)8-11-19(21)23-16(14-30-26)13-29-25(32-23)31-18-9-6-15(7-10-18)24(33)34/h2-13,30H,14H2,1H3,(H,33,34)(H,29,31,32). The molecule has 1 aliphatic heterocycles. The number of benzene rings is 3. The number of hydrogen-bond donors (Lipinski definition) is 3. The van der Waals surface area contributed by atoms with Crippen molar-refractivity contribution in [2.75, 3.05) is 5.32 Å². The van der Waals surface area contributed by atoms with Gasteiger partial charge in [0.05, 0.1) is 16.8 Å². The van der Waals surface area contributed by atoms with Crippen LogP contribution in [0.1, 0.15) is 34.0 Å². The summed E-state index contributed by atoms with van der Waals surface area (Å²) in [6.45, 7) is 2.61. The number of anilines is 2. The Morgan fingerprint density at radius 2 is 1.82 bits per heavy atom. The third-order valence-corrected chi connectivity index (χ3v) is 6.64. The second-order valence-electron chi connectivity index (χ2n) is 8.22. The van der Waals surface area contributed by atoms with Gasteiger partial charge in [0.2, 0.25) is 5.95 Å². The molecule has 4 aromatic rings. The Labute approximate surface area is 206 Å². The molecule has 8 heteroatoms. The number of carboxylic acid groups (broad SMARTS) is 1. The zero-order chi connectivity index (χ0) is 23.9. The molecule has 0 saturated heterocycles. The molecular formula is C26H20Cl2N4O2. The van der Waals surface area contributed by atoms with Gasteiger partial charge in [0.1, 0.15) is 0 Å². The monoisotopic (exact) mass is 490 g/mol. The number of aromatic carboxylic acids is 1. The molecule has 0 saturated carbocycles.